The molecule has 0 bridgehead atoms. The van der Waals surface area contributed by atoms with Gasteiger partial charge in [0.15, 0.2) is 0 Å². The number of carbonyl (C=O) groups excluding carboxylic acids is 1. The van der Waals surface area contributed by atoms with E-state index < -0.39 is 0 Å². The standard InChI is InChI=1S/C34H60N2O3.ClH/c1-22(2)29(37)12-9-23(3)26-10-11-27-32-28(14-16-34(26,27)5)33(4)15-13-25(20-24(33)21-30(32)38)35-17-7-19-36-18-6-8-31(36)39;/h22-30,32,35,37-38H,6-21H2,1-5H3;1H/t23-,24-,25+,26-,27+,28+,29+,30-,32+,33+,34-;/m1./s1. The van der Waals surface area contributed by atoms with Crippen LogP contribution in [0.4, 0.5) is 0 Å². The molecule has 1 aliphatic heterocycles. The molecule has 5 fully saturated rings. The number of nitrogens with one attached hydrogen (secondary N) is 1. The van der Waals surface area contributed by atoms with Crippen LogP contribution >= 0.6 is 12.4 Å². The molecule has 0 unspecified atom stereocenters. The van der Waals surface area contributed by atoms with Crippen LogP contribution in [0.5, 0.6) is 0 Å². The number of halogens is 1. The molecule has 0 radical (unpaired) electrons. The fourth-order valence-corrected chi connectivity index (χ4v) is 10.9. The third kappa shape index (κ3) is 6.15. The quantitative estimate of drug-likeness (QED) is 0.260. The van der Waals surface area contributed by atoms with Crippen LogP contribution in [0, 0.1) is 52.3 Å². The Hall–Kier alpha value is -0.360. The summed E-state index contributed by atoms with van der Waals surface area (Å²) in [4.78, 5) is 13.9. The smallest absolute Gasteiger partial charge is 0.222 e. The van der Waals surface area contributed by atoms with Crippen molar-refractivity contribution in [1.29, 1.82) is 0 Å². The van der Waals surface area contributed by atoms with Gasteiger partial charge in [0.05, 0.1) is 12.2 Å². The van der Waals surface area contributed by atoms with Crippen LogP contribution in [-0.4, -0.2) is 58.9 Å². The SMILES string of the molecule is CC(C)[C@@H](O)CC[C@@H](C)[C@H]1CC[C@H]2[C@@H]3[C@H](O)C[C@H]4C[C@@H](NCCCN5CCCC5=O)CC[C@]4(C)[C@H]3CC[C@]12C.Cl. The van der Waals surface area contributed by atoms with Gasteiger partial charge in [-0.15, -0.1) is 12.4 Å². The third-order valence-corrected chi connectivity index (χ3v) is 13.3. The average molecular weight is 581 g/mol. The number of rotatable bonds is 10. The molecule has 3 N–H and O–H groups in total. The van der Waals surface area contributed by atoms with E-state index in [0.29, 0.717) is 58.3 Å². The zero-order valence-electron chi connectivity index (χ0n) is 26.2. The highest BCUT2D eigenvalue weighted by atomic mass is 35.5. The van der Waals surface area contributed by atoms with E-state index in [1.807, 2.05) is 4.90 Å². The van der Waals surface area contributed by atoms with Crippen molar-refractivity contribution in [3.8, 4) is 0 Å². The summed E-state index contributed by atoms with van der Waals surface area (Å²) in [5.74, 6) is 4.50. The van der Waals surface area contributed by atoms with Crippen molar-refractivity contribution >= 4 is 18.3 Å². The topological polar surface area (TPSA) is 72.8 Å². The molecular weight excluding hydrogens is 520 g/mol. The van der Waals surface area contributed by atoms with E-state index in [0.717, 1.165) is 64.1 Å². The molecule has 11 atom stereocenters. The van der Waals surface area contributed by atoms with Crippen molar-refractivity contribution in [1.82, 2.24) is 10.2 Å². The Morgan fingerprint density at radius 1 is 1.00 bits per heavy atom. The molecule has 5 aliphatic rings. The number of fused-ring (bicyclic) bond motifs is 5. The second-order valence-electron chi connectivity index (χ2n) is 15.7. The molecular formula is C34H61ClN2O3. The molecule has 4 saturated carbocycles. The van der Waals surface area contributed by atoms with Crippen molar-refractivity contribution in [3.05, 3.63) is 0 Å². The number of aliphatic hydroxyl groups excluding tert-OH is 2. The first kappa shape index (κ1) is 32.6. The molecule has 232 valence electrons. The van der Waals surface area contributed by atoms with Gasteiger partial charge in [0, 0.05) is 25.6 Å². The van der Waals surface area contributed by atoms with E-state index in [1.54, 1.807) is 0 Å². The second-order valence-corrected chi connectivity index (χ2v) is 15.7. The average Bonchev–Trinajstić information content (AvgIpc) is 3.47. The van der Waals surface area contributed by atoms with E-state index in [4.69, 9.17) is 0 Å². The maximum Gasteiger partial charge on any atom is 0.222 e. The Morgan fingerprint density at radius 3 is 2.42 bits per heavy atom. The lowest BCUT2D eigenvalue weighted by molar-refractivity contribution is -0.167. The number of amides is 1. The van der Waals surface area contributed by atoms with Crippen LogP contribution in [0.1, 0.15) is 118 Å². The van der Waals surface area contributed by atoms with Gasteiger partial charge in [-0.05, 0) is 136 Å². The van der Waals surface area contributed by atoms with Crippen molar-refractivity contribution in [2.75, 3.05) is 19.6 Å². The molecule has 6 heteroatoms. The summed E-state index contributed by atoms with van der Waals surface area (Å²) >= 11 is 0. The van der Waals surface area contributed by atoms with Crippen LogP contribution in [0.15, 0.2) is 0 Å². The Balaban J connectivity index is 0.00000370. The first-order chi connectivity index (χ1) is 18.5. The summed E-state index contributed by atoms with van der Waals surface area (Å²) in [6, 6.07) is 0.563. The van der Waals surface area contributed by atoms with Crippen LogP contribution < -0.4 is 5.32 Å². The summed E-state index contributed by atoms with van der Waals surface area (Å²) in [6.07, 6.45) is 14.5. The number of hydrogen-bond acceptors (Lipinski definition) is 4. The van der Waals surface area contributed by atoms with Gasteiger partial charge in [-0.1, -0.05) is 34.6 Å². The molecule has 1 heterocycles. The predicted molar refractivity (Wildman–Crippen MR) is 165 cm³/mol. The number of carbonyl (C=O) groups is 1. The van der Waals surface area contributed by atoms with Gasteiger partial charge in [0.25, 0.3) is 0 Å². The summed E-state index contributed by atoms with van der Waals surface area (Å²) in [5.41, 5.74) is 0.722. The van der Waals surface area contributed by atoms with Crippen molar-refractivity contribution in [2.24, 2.45) is 52.3 Å². The molecule has 0 aromatic rings. The predicted octanol–water partition coefficient (Wildman–Crippen LogP) is 6.44. The van der Waals surface area contributed by atoms with E-state index in [1.165, 1.54) is 44.9 Å². The lowest BCUT2D eigenvalue weighted by atomic mass is 9.43. The zero-order chi connectivity index (χ0) is 27.9. The Morgan fingerprint density at radius 2 is 1.73 bits per heavy atom. The highest BCUT2D eigenvalue weighted by Gasteiger charge is 2.62. The third-order valence-electron chi connectivity index (χ3n) is 13.3. The number of nitrogens with zero attached hydrogens (tertiary/aromatic N) is 1. The van der Waals surface area contributed by atoms with E-state index in [2.05, 4.69) is 39.9 Å². The van der Waals surface area contributed by atoms with Gasteiger partial charge >= 0.3 is 0 Å². The van der Waals surface area contributed by atoms with Gasteiger partial charge in [-0.3, -0.25) is 4.79 Å². The molecule has 1 amide bonds. The lowest BCUT2D eigenvalue weighted by Crippen LogP contribution is -2.59. The minimum absolute atomic E-state index is 0. The monoisotopic (exact) mass is 580 g/mol. The van der Waals surface area contributed by atoms with Gasteiger partial charge in [0.2, 0.25) is 5.91 Å². The second kappa shape index (κ2) is 13.1. The van der Waals surface area contributed by atoms with Crippen LogP contribution in [0.2, 0.25) is 0 Å². The number of hydrogen-bond donors (Lipinski definition) is 3. The first-order valence-corrected chi connectivity index (χ1v) is 16.9. The molecule has 0 aromatic heterocycles. The maximum absolute atomic E-state index is 11.9. The van der Waals surface area contributed by atoms with E-state index in [9.17, 15) is 15.0 Å². The molecule has 0 aromatic carbocycles. The molecule has 1 saturated heterocycles. The summed E-state index contributed by atoms with van der Waals surface area (Å²) in [6.45, 7) is 14.7. The lowest BCUT2D eigenvalue weighted by Gasteiger charge is -2.62. The van der Waals surface area contributed by atoms with Crippen molar-refractivity contribution in [2.45, 2.75) is 136 Å². The van der Waals surface area contributed by atoms with Crippen molar-refractivity contribution < 1.29 is 15.0 Å². The van der Waals surface area contributed by atoms with E-state index >= 15 is 0 Å². The molecule has 40 heavy (non-hydrogen) atoms. The zero-order valence-corrected chi connectivity index (χ0v) is 27.1. The van der Waals surface area contributed by atoms with Crippen molar-refractivity contribution in [3.63, 3.8) is 0 Å². The normalized spacial score (nSPS) is 42.6. The minimum atomic E-state index is -0.177. The molecule has 5 rings (SSSR count). The van der Waals surface area contributed by atoms with Crippen LogP contribution in [-0.2, 0) is 4.79 Å². The number of aliphatic hydroxyl groups is 2. The maximum atomic E-state index is 11.9. The van der Waals surface area contributed by atoms with Gasteiger partial charge in [-0.2, -0.15) is 0 Å². The highest BCUT2D eigenvalue weighted by molar-refractivity contribution is 5.85. The summed E-state index contributed by atoms with van der Waals surface area (Å²) in [7, 11) is 0. The summed E-state index contributed by atoms with van der Waals surface area (Å²) < 4.78 is 0. The molecule has 5 nitrogen and oxygen atoms in total. The largest absolute Gasteiger partial charge is 0.393 e. The van der Waals surface area contributed by atoms with Gasteiger partial charge < -0.3 is 20.4 Å². The highest BCUT2D eigenvalue weighted by Crippen LogP contribution is 2.68. The van der Waals surface area contributed by atoms with Gasteiger partial charge in [0.1, 0.15) is 0 Å². The van der Waals surface area contributed by atoms with Crippen LogP contribution in [0.25, 0.3) is 0 Å². The first-order valence-electron chi connectivity index (χ1n) is 16.9. The van der Waals surface area contributed by atoms with Crippen LogP contribution in [0.3, 0.4) is 0 Å². The number of likely N-dealkylation sites (tertiary alicyclic amines) is 1. The van der Waals surface area contributed by atoms with E-state index in [-0.39, 0.29) is 24.6 Å². The fraction of sp³-hybridized carbons (Fsp3) is 0.971. The Kier molecular flexibility index (Phi) is 10.7. The summed E-state index contributed by atoms with van der Waals surface area (Å²) in [5, 5.41) is 26.0. The Bertz CT molecular complexity index is 855. The molecule has 4 aliphatic carbocycles. The van der Waals surface area contributed by atoms with Gasteiger partial charge in [-0.25, -0.2) is 0 Å². The minimum Gasteiger partial charge on any atom is -0.393 e. The molecule has 0 spiro atoms. The Labute approximate surface area is 251 Å². The fourth-order valence-electron chi connectivity index (χ4n) is 10.9.